The summed E-state index contributed by atoms with van der Waals surface area (Å²) in [5.41, 5.74) is 2.80. The standard InChI is InChI=1S/C14H27N3O3/c1-5-9(2)12(13(18)19)15-14(20)16-17-10(3)7-6-8-11(17)4/h9-12H,5-8H2,1-4H3,(H,18,19)(H2,15,16,20)/t9?,10?,11?,12-/m0/s1. The van der Waals surface area contributed by atoms with E-state index < -0.39 is 18.0 Å². The molecule has 0 saturated carbocycles. The SMILES string of the molecule is CCC(C)[C@H](NC(=O)NN1C(C)CCCC1C)C(=O)O. The summed E-state index contributed by atoms with van der Waals surface area (Å²) in [6.45, 7) is 7.87. The second kappa shape index (κ2) is 7.47. The van der Waals surface area contributed by atoms with E-state index in [-0.39, 0.29) is 18.0 Å². The maximum atomic E-state index is 12.0. The molecule has 1 saturated heterocycles. The number of amides is 2. The quantitative estimate of drug-likeness (QED) is 0.721. The number of carbonyl (C=O) groups excluding carboxylic acids is 1. The first kappa shape index (κ1) is 16.8. The molecule has 3 unspecified atom stereocenters. The number of hydrazine groups is 1. The highest BCUT2D eigenvalue weighted by Crippen LogP contribution is 2.20. The summed E-state index contributed by atoms with van der Waals surface area (Å²) in [5.74, 6) is -1.09. The summed E-state index contributed by atoms with van der Waals surface area (Å²) >= 11 is 0. The van der Waals surface area contributed by atoms with Crippen molar-refractivity contribution in [3.63, 3.8) is 0 Å². The Balaban J connectivity index is 2.58. The molecular formula is C14H27N3O3. The fourth-order valence-electron chi connectivity index (χ4n) is 2.62. The van der Waals surface area contributed by atoms with Gasteiger partial charge in [0, 0.05) is 12.1 Å². The molecular weight excluding hydrogens is 258 g/mol. The predicted octanol–water partition coefficient (Wildman–Crippen LogP) is 1.96. The lowest BCUT2D eigenvalue weighted by Crippen LogP contribution is -2.59. The number of carboxylic acids is 1. The Labute approximate surface area is 120 Å². The number of carboxylic acid groups (broad SMARTS) is 1. The minimum atomic E-state index is -0.991. The van der Waals surface area contributed by atoms with Crippen molar-refractivity contribution in [3.05, 3.63) is 0 Å². The summed E-state index contributed by atoms with van der Waals surface area (Å²) in [6.07, 6.45) is 3.94. The van der Waals surface area contributed by atoms with Crippen LogP contribution in [0.2, 0.25) is 0 Å². The maximum Gasteiger partial charge on any atom is 0.330 e. The number of urea groups is 1. The molecule has 6 nitrogen and oxygen atoms in total. The van der Waals surface area contributed by atoms with E-state index in [1.807, 2.05) is 18.9 Å². The minimum Gasteiger partial charge on any atom is -0.480 e. The Bertz CT molecular complexity index is 339. The van der Waals surface area contributed by atoms with Crippen LogP contribution in [-0.2, 0) is 4.79 Å². The third-order valence-electron chi connectivity index (χ3n) is 4.19. The molecule has 1 heterocycles. The van der Waals surface area contributed by atoms with Gasteiger partial charge in [0.05, 0.1) is 0 Å². The zero-order chi connectivity index (χ0) is 15.3. The van der Waals surface area contributed by atoms with Crippen molar-refractivity contribution in [2.45, 2.75) is 71.5 Å². The molecule has 0 bridgehead atoms. The van der Waals surface area contributed by atoms with Crippen LogP contribution in [0.1, 0.15) is 53.4 Å². The van der Waals surface area contributed by atoms with Crippen LogP contribution in [0.25, 0.3) is 0 Å². The fourth-order valence-corrected chi connectivity index (χ4v) is 2.62. The molecule has 0 aliphatic carbocycles. The van der Waals surface area contributed by atoms with Crippen molar-refractivity contribution in [1.82, 2.24) is 15.8 Å². The highest BCUT2D eigenvalue weighted by Gasteiger charge is 2.29. The zero-order valence-corrected chi connectivity index (χ0v) is 12.8. The highest BCUT2D eigenvalue weighted by molar-refractivity contribution is 5.82. The van der Waals surface area contributed by atoms with Crippen molar-refractivity contribution >= 4 is 12.0 Å². The molecule has 1 aliphatic rings. The Morgan fingerprint density at radius 3 is 2.30 bits per heavy atom. The van der Waals surface area contributed by atoms with E-state index in [2.05, 4.69) is 24.6 Å². The lowest BCUT2D eigenvalue weighted by Gasteiger charge is -2.39. The number of aliphatic carboxylic acids is 1. The van der Waals surface area contributed by atoms with Gasteiger partial charge in [-0.3, -0.25) is 5.43 Å². The molecule has 1 rings (SSSR count). The van der Waals surface area contributed by atoms with E-state index in [4.69, 9.17) is 0 Å². The molecule has 0 aromatic heterocycles. The van der Waals surface area contributed by atoms with Gasteiger partial charge in [-0.15, -0.1) is 0 Å². The van der Waals surface area contributed by atoms with Gasteiger partial charge < -0.3 is 10.4 Å². The molecule has 20 heavy (non-hydrogen) atoms. The molecule has 4 atom stereocenters. The lowest BCUT2D eigenvalue weighted by atomic mass is 9.99. The van der Waals surface area contributed by atoms with Crippen LogP contribution >= 0.6 is 0 Å². The van der Waals surface area contributed by atoms with Gasteiger partial charge >= 0.3 is 12.0 Å². The predicted molar refractivity (Wildman–Crippen MR) is 77.2 cm³/mol. The molecule has 2 amide bonds. The molecule has 3 N–H and O–H groups in total. The van der Waals surface area contributed by atoms with Crippen LogP contribution in [0.5, 0.6) is 0 Å². The lowest BCUT2D eigenvalue weighted by molar-refractivity contribution is -0.140. The summed E-state index contributed by atoms with van der Waals surface area (Å²) in [6, 6.07) is -0.735. The van der Waals surface area contributed by atoms with Gasteiger partial charge in [0.25, 0.3) is 0 Å². The smallest absolute Gasteiger partial charge is 0.330 e. The Kier molecular flexibility index (Phi) is 6.26. The maximum absolute atomic E-state index is 12.0. The Morgan fingerprint density at radius 1 is 1.30 bits per heavy atom. The first-order valence-electron chi connectivity index (χ1n) is 7.45. The molecule has 116 valence electrons. The topological polar surface area (TPSA) is 81.7 Å². The van der Waals surface area contributed by atoms with Crippen LogP contribution in [0.15, 0.2) is 0 Å². The average molecular weight is 285 g/mol. The number of carbonyl (C=O) groups is 2. The fraction of sp³-hybridized carbons (Fsp3) is 0.857. The number of nitrogens with zero attached hydrogens (tertiary/aromatic N) is 1. The van der Waals surface area contributed by atoms with Crippen molar-refractivity contribution in [2.75, 3.05) is 0 Å². The van der Waals surface area contributed by atoms with E-state index >= 15 is 0 Å². The van der Waals surface area contributed by atoms with Crippen LogP contribution in [-0.4, -0.2) is 40.2 Å². The van der Waals surface area contributed by atoms with Crippen LogP contribution in [0, 0.1) is 5.92 Å². The molecule has 6 heteroatoms. The first-order chi connectivity index (χ1) is 9.36. The van der Waals surface area contributed by atoms with Crippen LogP contribution < -0.4 is 10.7 Å². The Morgan fingerprint density at radius 2 is 1.85 bits per heavy atom. The summed E-state index contributed by atoms with van der Waals surface area (Å²) in [4.78, 5) is 23.2. The van der Waals surface area contributed by atoms with Gasteiger partial charge in [-0.05, 0) is 32.6 Å². The van der Waals surface area contributed by atoms with E-state index in [1.165, 1.54) is 0 Å². The van der Waals surface area contributed by atoms with Gasteiger partial charge in [0.15, 0.2) is 0 Å². The van der Waals surface area contributed by atoms with Gasteiger partial charge in [-0.25, -0.2) is 14.6 Å². The van der Waals surface area contributed by atoms with Gasteiger partial charge in [-0.2, -0.15) is 0 Å². The zero-order valence-electron chi connectivity index (χ0n) is 12.8. The number of hydrogen-bond donors (Lipinski definition) is 3. The van der Waals surface area contributed by atoms with Gasteiger partial charge in [0.2, 0.25) is 0 Å². The number of rotatable bonds is 5. The number of piperidine rings is 1. The van der Waals surface area contributed by atoms with Gasteiger partial charge in [0.1, 0.15) is 6.04 Å². The third kappa shape index (κ3) is 4.37. The second-order valence-corrected chi connectivity index (χ2v) is 5.82. The monoisotopic (exact) mass is 285 g/mol. The largest absolute Gasteiger partial charge is 0.480 e. The van der Waals surface area contributed by atoms with Gasteiger partial charge in [-0.1, -0.05) is 26.7 Å². The third-order valence-corrected chi connectivity index (χ3v) is 4.19. The number of hydrogen-bond acceptors (Lipinski definition) is 3. The van der Waals surface area contributed by atoms with E-state index in [0.717, 1.165) is 19.3 Å². The molecule has 0 aromatic carbocycles. The minimum absolute atomic E-state index is 0.102. The highest BCUT2D eigenvalue weighted by atomic mass is 16.4. The van der Waals surface area contributed by atoms with Crippen molar-refractivity contribution in [1.29, 1.82) is 0 Å². The summed E-state index contributed by atoms with van der Waals surface area (Å²) in [7, 11) is 0. The van der Waals surface area contributed by atoms with Crippen LogP contribution in [0.4, 0.5) is 4.79 Å². The van der Waals surface area contributed by atoms with E-state index in [9.17, 15) is 14.7 Å². The Hall–Kier alpha value is -1.30. The summed E-state index contributed by atoms with van der Waals surface area (Å²) in [5, 5.41) is 13.7. The normalized spacial score (nSPS) is 26.6. The molecule has 0 spiro atoms. The van der Waals surface area contributed by atoms with Crippen LogP contribution in [0.3, 0.4) is 0 Å². The molecule has 1 aliphatic heterocycles. The second-order valence-electron chi connectivity index (χ2n) is 5.82. The van der Waals surface area contributed by atoms with E-state index in [1.54, 1.807) is 0 Å². The number of nitrogens with one attached hydrogen (secondary N) is 2. The first-order valence-corrected chi connectivity index (χ1v) is 7.45. The molecule has 0 radical (unpaired) electrons. The average Bonchev–Trinajstić information content (AvgIpc) is 2.39. The molecule has 0 aromatic rings. The van der Waals surface area contributed by atoms with Crippen molar-refractivity contribution in [3.8, 4) is 0 Å². The molecule has 1 fully saturated rings. The van der Waals surface area contributed by atoms with E-state index in [0.29, 0.717) is 6.42 Å². The van der Waals surface area contributed by atoms with Crippen molar-refractivity contribution < 1.29 is 14.7 Å². The van der Waals surface area contributed by atoms with Crippen molar-refractivity contribution in [2.24, 2.45) is 5.92 Å². The summed E-state index contributed by atoms with van der Waals surface area (Å²) < 4.78 is 0.